The summed E-state index contributed by atoms with van der Waals surface area (Å²) in [5, 5.41) is 57.0. The molecule has 8 unspecified atom stereocenters. The lowest BCUT2D eigenvalue weighted by Crippen LogP contribution is -2.61. The van der Waals surface area contributed by atoms with Gasteiger partial charge in [-0.2, -0.15) is 0 Å². The Morgan fingerprint density at radius 3 is 1.45 bits per heavy atom. The minimum Gasteiger partial charge on any atom is -0.454 e. The first-order chi connectivity index (χ1) is 40.7. The summed E-state index contributed by atoms with van der Waals surface area (Å²) in [6.45, 7) is 5.49. The normalized spacial score (nSPS) is 19.5. The molecular weight excluding hydrogens is 1040 g/mol. The summed E-state index contributed by atoms with van der Waals surface area (Å²) >= 11 is 0. The zero-order chi connectivity index (χ0) is 60.3. The van der Waals surface area contributed by atoms with E-state index in [2.05, 4.69) is 92.9 Å². The number of unbranched alkanes of at least 4 members (excludes halogenated alkanes) is 22. The van der Waals surface area contributed by atoms with Crippen LogP contribution in [0.5, 0.6) is 0 Å². The fraction of sp³-hybridized carbons (Fsp3) is 0.639. The first-order valence-electron chi connectivity index (χ1n) is 32.7. The molecule has 1 saturated heterocycles. The number of aliphatic hydroxyl groups is 5. The molecule has 1 fully saturated rings. The predicted molar refractivity (Wildman–Crippen MR) is 347 cm³/mol. The Bertz CT molecular complexity index is 1910. The average molecular weight is 1160 g/mol. The highest BCUT2D eigenvalue weighted by Gasteiger charge is 2.47. The van der Waals surface area contributed by atoms with Gasteiger partial charge in [0.2, 0.25) is 5.91 Å². The lowest BCUT2D eigenvalue weighted by molar-refractivity contribution is -0.305. The monoisotopic (exact) mass is 1160 g/mol. The fourth-order valence-electron chi connectivity index (χ4n) is 9.30. The molecular formula is C72H117NO10. The van der Waals surface area contributed by atoms with Crippen molar-refractivity contribution in [3.63, 3.8) is 0 Å². The van der Waals surface area contributed by atoms with E-state index in [1.54, 1.807) is 6.08 Å². The summed E-state index contributed by atoms with van der Waals surface area (Å²) < 4.78 is 17.6. The Kier molecular flexibility index (Phi) is 53.4. The van der Waals surface area contributed by atoms with E-state index in [-0.39, 0.29) is 19.4 Å². The number of amides is 1. The van der Waals surface area contributed by atoms with E-state index in [1.807, 2.05) is 72.9 Å². The topological polar surface area (TPSA) is 175 Å². The van der Waals surface area contributed by atoms with Crippen LogP contribution in [0.3, 0.4) is 0 Å². The smallest absolute Gasteiger partial charge is 0.306 e. The molecule has 1 amide bonds. The maximum atomic E-state index is 13.4. The Labute approximate surface area is 505 Å². The lowest BCUT2D eigenvalue weighted by Gasteiger charge is -2.41. The zero-order valence-electron chi connectivity index (χ0n) is 52.0. The maximum Gasteiger partial charge on any atom is 0.306 e. The van der Waals surface area contributed by atoms with Gasteiger partial charge in [0, 0.05) is 6.42 Å². The van der Waals surface area contributed by atoms with Gasteiger partial charge in [0.25, 0.3) is 0 Å². The molecule has 6 N–H and O–H groups in total. The lowest BCUT2D eigenvalue weighted by atomic mass is 9.99. The SMILES string of the molecule is CC\C=C/C=C/C=C/C=C\C=C\C=C\CCCCC(O)C(=O)NC(COC1OC(CO)C(O)C(O)C1OC(=O)CCCCCCCCCCC/C=C\C/C=C\C/C=C\C/C=C\C/C=C\CC)C(O)/C=C/CCCCCCCCCCCCC. The van der Waals surface area contributed by atoms with E-state index >= 15 is 0 Å². The van der Waals surface area contributed by atoms with Gasteiger partial charge in [-0.05, 0) is 89.9 Å². The molecule has 83 heavy (non-hydrogen) atoms. The summed E-state index contributed by atoms with van der Waals surface area (Å²) in [6, 6.07) is -1.06. The molecule has 1 aliphatic heterocycles. The van der Waals surface area contributed by atoms with Gasteiger partial charge < -0.3 is 45.1 Å². The molecule has 1 rings (SSSR count). The third-order valence-electron chi connectivity index (χ3n) is 14.4. The number of carbonyl (C=O) groups is 2. The van der Waals surface area contributed by atoms with Crippen LogP contribution in [-0.4, -0.2) is 99.6 Å². The summed E-state index contributed by atoms with van der Waals surface area (Å²) in [7, 11) is 0. The summed E-state index contributed by atoms with van der Waals surface area (Å²) in [5.41, 5.74) is 0. The highest BCUT2D eigenvalue weighted by Crippen LogP contribution is 2.26. The molecule has 0 aromatic heterocycles. The molecule has 0 aromatic carbocycles. The van der Waals surface area contributed by atoms with Crippen LogP contribution >= 0.6 is 0 Å². The molecule has 0 aromatic rings. The zero-order valence-corrected chi connectivity index (χ0v) is 52.0. The highest BCUT2D eigenvalue weighted by molar-refractivity contribution is 5.80. The van der Waals surface area contributed by atoms with Crippen molar-refractivity contribution in [2.75, 3.05) is 13.2 Å². The van der Waals surface area contributed by atoms with E-state index in [0.717, 1.165) is 109 Å². The number of esters is 1. The molecule has 0 spiro atoms. The van der Waals surface area contributed by atoms with Gasteiger partial charge in [-0.1, -0.05) is 282 Å². The van der Waals surface area contributed by atoms with E-state index < -0.39 is 67.4 Å². The van der Waals surface area contributed by atoms with E-state index in [1.165, 1.54) is 77.0 Å². The first kappa shape index (κ1) is 76.6. The minimum absolute atomic E-state index is 0.101. The maximum absolute atomic E-state index is 13.4. The van der Waals surface area contributed by atoms with Crippen LogP contribution in [0.25, 0.3) is 0 Å². The van der Waals surface area contributed by atoms with Crippen molar-refractivity contribution >= 4 is 11.9 Å². The van der Waals surface area contributed by atoms with E-state index in [0.29, 0.717) is 12.8 Å². The van der Waals surface area contributed by atoms with Gasteiger partial charge in [0.1, 0.15) is 24.4 Å². The molecule has 1 heterocycles. The number of hydrogen-bond donors (Lipinski definition) is 6. The number of hydrogen-bond acceptors (Lipinski definition) is 10. The highest BCUT2D eigenvalue weighted by atomic mass is 16.7. The summed E-state index contributed by atoms with van der Waals surface area (Å²) in [6.07, 6.45) is 73.1. The van der Waals surface area contributed by atoms with Crippen molar-refractivity contribution in [3.8, 4) is 0 Å². The molecule has 11 heteroatoms. The number of carbonyl (C=O) groups excluding carboxylic acids is 2. The quantitative estimate of drug-likeness (QED) is 0.0149. The number of rotatable bonds is 53. The first-order valence-corrected chi connectivity index (χ1v) is 32.7. The van der Waals surface area contributed by atoms with Crippen LogP contribution in [0.2, 0.25) is 0 Å². The van der Waals surface area contributed by atoms with Crippen LogP contribution in [-0.2, 0) is 23.8 Å². The predicted octanol–water partition coefficient (Wildman–Crippen LogP) is 16.2. The summed E-state index contributed by atoms with van der Waals surface area (Å²) in [5.74, 6) is -1.26. The second-order valence-electron chi connectivity index (χ2n) is 21.9. The van der Waals surface area contributed by atoms with E-state index in [4.69, 9.17) is 14.2 Å². The van der Waals surface area contributed by atoms with Crippen LogP contribution in [0.1, 0.15) is 233 Å². The Morgan fingerprint density at radius 2 is 0.928 bits per heavy atom. The van der Waals surface area contributed by atoms with Gasteiger partial charge in [-0.25, -0.2) is 0 Å². The molecule has 470 valence electrons. The molecule has 0 radical (unpaired) electrons. The molecule has 0 saturated carbocycles. The van der Waals surface area contributed by atoms with Gasteiger partial charge >= 0.3 is 5.97 Å². The average Bonchev–Trinajstić information content (AvgIpc) is 3.67. The number of allylic oxidation sites excluding steroid dienone is 23. The van der Waals surface area contributed by atoms with Gasteiger partial charge in [0.05, 0.1) is 25.4 Å². The molecule has 1 aliphatic rings. The Balaban J connectivity index is 2.67. The van der Waals surface area contributed by atoms with Crippen molar-refractivity contribution in [3.05, 3.63) is 146 Å². The molecule has 8 atom stereocenters. The van der Waals surface area contributed by atoms with Gasteiger partial charge in [-0.3, -0.25) is 9.59 Å². The Morgan fingerprint density at radius 1 is 0.494 bits per heavy atom. The fourth-order valence-corrected chi connectivity index (χ4v) is 9.30. The molecule has 0 bridgehead atoms. The van der Waals surface area contributed by atoms with Crippen LogP contribution in [0, 0.1) is 0 Å². The van der Waals surface area contributed by atoms with Crippen molar-refractivity contribution in [2.24, 2.45) is 0 Å². The van der Waals surface area contributed by atoms with Gasteiger partial charge in [-0.15, -0.1) is 0 Å². The largest absolute Gasteiger partial charge is 0.454 e. The van der Waals surface area contributed by atoms with Crippen molar-refractivity contribution in [2.45, 2.75) is 282 Å². The minimum atomic E-state index is -1.64. The Hall–Kier alpha value is -4.46. The number of aliphatic hydroxyl groups excluding tert-OH is 5. The number of ether oxygens (including phenoxy) is 3. The van der Waals surface area contributed by atoms with Crippen LogP contribution in [0.15, 0.2) is 146 Å². The van der Waals surface area contributed by atoms with Crippen molar-refractivity contribution in [1.82, 2.24) is 5.32 Å². The van der Waals surface area contributed by atoms with Crippen LogP contribution < -0.4 is 5.32 Å². The second kappa shape index (κ2) is 57.9. The molecule has 0 aliphatic carbocycles. The summed E-state index contributed by atoms with van der Waals surface area (Å²) in [4.78, 5) is 26.6. The van der Waals surface area contributed by atoms with Crippen LogP contribution in [0.4, 0.5) is 0 Å². The van der Waals surface area contributed by atoms with Crippen molar-refractivity contribution in [1.29, 1.82) is 0 Å². The molecule has 11 nitrogen and oxygen atoms in total. The third-order valence-corrected chi connectivity index (χ3v) is 14.4. The van der Waals surface area contributed by atoms with Crippen molar-refractivity contribution < 1.29 is 49.3 Å². The van der Waals surface area contributed by atoms with Gasteiger partial charge in [0.15, 0.2) is 12.4 Å². The standard InChI is InChI=1S/C72H117NO10/c1-4-7-10-13-16-19-22-25-27-29-30-31-32-33-34-35-36-37-39-42-45-48-51-54-57-60-67(77)83-70-69(79)68(78)66(61-74)82-72(70)81-62-63(64(75)58-55-52-49-46-43-40-24-21-18-15-12-9-6-3)73-71(80)65(76)59-56-53-50-47-44-41-38-28-26-23-20-17-14-11-8-5-2/h7-8,10-11,14,16-17,19-20,23,25-28,30-31,33-34,38,41,44,47,55,58,63-66,68-70,72,74-76,78-79H,4-6,9,12-13,15,18,21-22,24,29,32,35-37,39-40,42-43,45-46,48-54,56-57,59-62H2,1-3H3,(H,73,80)/b10-7-,11-8-,17-14+,19-16-,23-20+,27-25-,28-26-,31-30-,34-33-,41-38+,47-44+,58-55+. The third kappa shape index (κ3) is 45.6. The van der Waals surface area contributed by atoms with E-state index in [9.17, 15) is 35.1 Å². The number of nitrogens with one attached hydrogen (secondary N) is 1. The second-order valence-corrected chi connectivity index (χ2v) is 21.9.